The summed E-state index contributed by atoms with van der Waals surface area (Å²) in [6.45, 7) is 3.81. The van der Waals surface area contributed by atoms with Gasteiger partial charge in [-0.05, 0) is 44.7 Å². The van der Waals surface area contributed by atoms with Gasteiger partial charge in [0, 0.05) is 43.4 Å². The van der Waals surface area contributed by atoms with Gasteiger partial charge in [0.25, 0.3) is 0 Å². The number of carbonyl (C=O) groups excluding carboxylic acids is 1. The van der Waals surface area contributed by atoms with Crippen LogP contribution in [0.4, 0.5) is 0 Å². The third kappa shape index (κ3) is 3.97. The SMILES string of the molecule is Cc1nccn1CCC1CCCCN1C(=O)Cc1ccccn1. The fourth-order valence-corrected chi connectivity index (χ4v) is 3.32. The van der Waals surface area contributed by atoms with Crippen molar-refractivity contribution < 1.29 is 4.79 Å². The summed E-state index contributed by atoms with van der Waals surface area (Å²) < 4.78 is 2.16. The minimum atomic E-state index is 0.204. The van der Waals surface area contributed by atoms with Gasteiger partial charge in [0.15, 0.2) is 0 Å². The number of likely N-dealkylation sites (tertiary alicyclic amines) is 1. The monoisotopic (exact) mass is 312 g/mol. The van der Waals surface area contributed by atoms with Crippen molar-refractivity contribution in [1.82, 2.24) is 19.4 Å². The van der Waals surface area contributed by atoms with E-state index in [0.717, 1.165) is 43.9 Å². The van der Waals surface area contributed by atoms with Crippen LogP contribution in [-0.2, 0) is 17.8 Å². The average Bonchev–Trinajstić information content (AvgIpc) is 2.99. The van der Waals surface area contributed by atoms with Gasteiger partial charge in [-0.3, -0.25) is 9.78 Å². The number of aryl methyl sites for hydroxylation is 2. The molecule has 2 aromatic heterocycles. The van der Waals surface area contributed by atoms with Crippen LogP contribution >= 0.6 is 0 Å². The Morgan fingerprint density at radius 1 is 1.26 bits per heavy atom. The molecule has 1 amide bonds. The molecule has 0 saturated carbocycles. The minimum absolute atomic E-state index is 0.204. The van der Waals surface area contributed by atoms with Crippen LogP contribution in [0.1, 0.15) is 37.2 Å². The highest BCUT2D eigenvalue weighted by Crippen LogP contribution is 2.21. The topological polar surface area (TPSA) is 51.0 Å². The second-order valence-electron chi connectivity index (χ2n) is 6.19. The molecule has 0 spiro atoms. The second-order valence-corrected chi connectivity index (χ2v) is 6.19. The van der Waals surface area contributed by atoms with Gasteiger partial charge in [-0.25, -0.2) is 4.98 Å². The molecule has 3 heterocycles. The van der Waals surface area contributed by atoms with Crippen molar-refractivity contribution in [2.75, 3.05) is 6.54 Å². The first-order chi connectivity index (χ1) is 11.2. The highest BCUT2D eigenvalue weighted by molar-refractivity contribution is 5.78. The number of aromatic nitrogens is 3. The number of hydrogen-bond donors (Lipinski definition) is 0. The van der Waals surface area contributed by atoms with E-state index in [1.165, 1.54) is 6.42 Å². The number of hydrogen-bond acceptors (Lipinski definition) is 3. The van der Waals surface area contributed by atoms with Crippen molar-refractivity contribution >= 4 is 5.91 Å². The van der Waals surface area contributed by atoms with Gasteiger partial charge in [0.05, 0.1) is 6.42 Å². The van der Waals surface area contributed by atoms with Crippen LogP contribution in [0.3, 0.4) is 0 Å². The molecule has 1 unspecified atom stereocenters. The molecular weight excluding hydrogens is 288 g/mol. The Balaban J connectivity index is 1.61. The molecule has 5 nitrogen and oxygen atoms in total. The lowest BCUT2D eigenvalue weighted by atomic mass is 9.98. The summed E-state index contributed by atoms with van der Waals surface area (Å²) in [6.07, 6.45) is 10.4. The average molecular weight is 312 g/mol. The molecule has 1 aliphatic heterocycles. The third-order valence-electron chi connectivity index (χ3n) is 4.63. The Kier molecular flexibility index (Phi) is 5.05. The normalized spacial score (nSPS) is 18.1. The number of amides is 1. The smallest absolute Gasteiger partial charge is 0.228 e. The fourth-order valence-electron chi connectivity index (χ4n) is 3.32. The van der Waals surface area contributed by atoms with E-state index in [1.807, 2.05) is 37.5 Å². The molecule has 2 aromatic rings. The van der Waals surface area contributed by atoms with Crippen molar-refractivity contribution in [1.29, 1.82) is 0 Å². The largest absolute Gasteiger partial charge is 0.339 e. The summed E-state index contributed by atoms with van der Waals surface area (Å²) in [5.41, 5.74) is 0.854. The molecule has 0 aromatic carbocycles. The van der Waals surface area contributed by atoms with E-state index in [0.29, 0.717) is 12.5 Å². The van der Waals surface area contributed by atoms with E-state index in [4.69, 9.17) is 0 Å². The predicted octanol–water partition coefficient (Wildman–Crippen LogP) is 2.60. The van der Waals surface area contributed by atoms with E-state index in [2.05, 4.69) is 19.4 Å². The van der Waals surface area contributed by atoms with Gasteiger partial charge in [-0.2, -0.15) is 0 Å². The van der Waals surface area contributed by atoms with E-state index in [-0.39, 0.29) is 5.91 Å². The van der Waals surface area contributed by atoms with Gasteiger partial charge in [-0.15, -0.1) is 0 Å². The van der Waals surface area contributed by atoms with Crippen LogP contribution in [0.15, 0.2) is 36.8 Å². The van der Waals surface area contributed by atoms with Gasteiger partial charge in [-0.1, -0.05) is 6.07 Å². The summed E-state index contributed by atoms with van der Waals surface area (Å²) in [5, 5.41) is 0. The highest BCUT2D eigenvalue weighted by atomic mass is 16.2. The predicted molar refractivity (Wildman–Crippen MR) is 88.9 cm³/mol. The van der Waals surface area contributed by atoms with E-state index in [1.54, 1.807) is 6.20 Å². The first-order valence-corrected chi connectivity index (χ1v) is 8.41. The molecular formula is C18H24N4O. The molecule has 1 aliphatic rings. The fraction of sp³-hybridized carbons (Fsp3) is 0.500. The molecule has 23 heavy (non-hydrogen) atoms. The van der Waals surface area contributed by atoms with Crippen LogP contribution in [0, 0.1) is 6.92 Å². The summed E-state index contributed by atoms with van der Waals surface area (Å²) in [5.74, 6) is 1.24. The Hall–Kier alpha value is -2.17. The molecule has 1 fully saturated rings. The van der Waals surface area contributed by atoms with Gasteiger partial charge in [0.1, 0.15) is 5.82 Å². The lowest BCUT2D eigenvalue weighted by molar-refractivity contribution is -0.134. The summed E-state index contributed by atoms with van der Waals surface area (Å²) in [6, 6.07) is 6.07. The van der Waals surface area contributed by atoms with Crippen LogP contribution in [-0.4, -0.2) is 37.9 Å². The molecule has 0 radical (unpaired) electrons. The van der Waals surface area contributed by atoms with E-state index < -0.39 is 0 Å². The van der Waals surface area contributed by atoms with Crippen LogP contribution < -0.4 is 0 Å². The van der Waals surface area contributed by atoms with Crippen LogP contribution in [0.5, 0.6) is 0 Å². The third-order valence-corrected chi connectivity index (χ3v) is 4.63. The number of carbonyl (C=O) groups is 1. The van der Waals surface area contributed by atoms with Gasteiger partial charge in [0.2, 0.25) is 5.91 Å². The van der Waals surface area contributed by atoms with Crippen molar-refractivity contribution in [3.63, 3.8) is 0 Å². The number of piperidine rings is 1. The van der Waals surface area contributed by atoms with Crippen molar-refractivity contribution in [2.24, 2.45) is 0 Å². The zero-order valence-electron chi connectivity index (χ0n) is 13.7. The maximum Gasteiger partial charge on any atom is 0.228 e. The molecule has 3 rings (SSSR count). The molecule has 0 aliphatic carbocycles. The standard InChI is InChI=1S/C18H24N4O/c1-15-19-10-13-21(15)12-8-17-7-3-5-11-22(17)18(23)14-16-6-2-4-9-20-16/h2,4,6,9-10,13,17H,3,5,7-8,11-12,14H2,1H3. The zero-order valence-corrected chi connectivity index (χ0v) is 13.7. The number of pyridine rings is 1. The van der Waals surface area contributed by atoms with Crippen molar-refractivity contribution in [3.8, 4) is 0 Å². The Morgan fingerprint density at radius 3 is 2.91 bits per heavy atom. The molecule has 0 bridgehead atoms. The maximum absolute atomic E-state index is 12.7. The second kappa shape index (κ2) is 7.40. The Bertz CT molecular complexity index is 637. The first kappa shape index (κ1) is 15.7. The minimum Gasteiger partial charge on any atom is -0.339 e. The van der Waals surface area contributed by atoms with Crippen molar-refractivity contribution in [2.45, 2.75) is 51.6 Å². The molecule has 0 N–H and O–H groups in total. The molecule has 5 heteroatoms. The zero-order chi connectivity index (χ0) is 16.1. The Labute approximate surface area is 137 Å². The molecule has 1 atom stereocenters. The van der Waals surface area contributed by atoms with Crippen molar-refractivity contribution in [3.05, 3.63) is 48.3 Å². The summed E-state index contributed by atoms with van der Waals surface area (Å²) in [4.78, 5) is 23.3. The van der Waals surface area contributed by atoms with E-state index in [9.17, 15) is 4.79 Å². The molecule has 122 valence electrons. The lowest BCUT2D eigenvalue weighted by Crippen LogP contribution is -2.45. The number of rotatable bonds is 5. The Morgan fingerprint density at radius 2 is 2.17 bits per heavy atom. The summed E-state index contributed by atoms with van der Waals surface area (Å²) >= 11 is 0. The first-order valence-electron chi connectivity index (χ1n) is 8.41. The maximum atomic E-state index is 12.7. The quantitative estimate of drug-likeness (QED) is 0.853. The van der Waals surface area contributed by atoms with Crippen LogP contribution in [0.25, 0.3) is 0 Å². The lowest BCUT2D eigenvalue weighted by Gasteiger charge is -2.36. The number of nitrogens with zero attached hydrogens (tertiary/aromatic N) is 4. The van der Waals surface area contributed by atoms with Gasteiger partial charge < -0.3 is 9.47 Å². The van der Waals surface area contributed by atoms with E-state index >= 15 is 0 Å². The molecule has 1 saturated heterocycles. The highest BCUT2D eigenvalue weighted by Gasteiger charge is 2.26. The summed E-state index contributed by atoms with van der Waals surface area (Å²) in [7, 11) is 0. The van der Waals surface area contributed by atoms with Crippen LogP contribution in [0.2, 0.25) is 0 Å². The number of imidazole rings is 1. The van der Waals surface area contributed by atoms with Gasteiger partial charge >= 0.3 is 0 Å².